The number of aliphatic hydroxyl groups excluding tert-OH is 1. The molecule has 1 N–H and O–H groups in total. The van der Waals surface area contributed by atoms with Gasteiger partial charge in [0.1, 0.15) is 0 Å². The van der Waals surface area contributed by atoms with Gasteiger partial charge in [-0.1, -0.05) is 11.6 Å². The number of methoxy groups -OCH3 is 1. The summed E-state index contributed by atoms with van der Waals surface area (Å²) in [5, 5.41) is 9.52. The lowest BCUT2D eigenvalue weighted by molar-refractivity contribution is 0.193. The third-order valence-corrected chi connectivity index (χ3v) is 1.91. The van der Waals surface area contributed by atoms with Crippen molar-refractivity contribution in [3.05, 3.63) is 28.5 Å². The largest absolute Gasteiger partial charge is 0.493 e. The molecule has 0 radical (unpaired) electrons. The third kappa shape index (κ3) is 2.11. The Morgan fingerprint density at radius 3 is 2.62 bits per heavy atom. The Labute approximate surface area is 80.9 Å². The zero-order valence-corrected chi connectivity index (χ0v) is 8.10. The summed E-state index contributed by atoms with van der Waals surface area (Å²) in [5.41, 5.74) is 0.354. The van der Waals surface area contributed by atoms with Gasteiger partial charge in [0, 0.05) is 10.6 Å². The second kappa shape index (κ2) is 3.94. The van der Waals surface area contributed by atoms with Gasteiger partial charge in [0.2, 0.25) is 0 Å². The fourth-order valence-electron chi connectivity index (χ4n) is 1.11. The number of hydrogen-bond donors (Lipinski definition) is 1. The van der Waals surface area contributed by atoms with Crippen LogP contribution in [0.3, 0.4) is 0 Å². The first-order chi connectivity index (χ1) is 6.06. The fourth-order valence-corrected chi connectivity index (χ4v) is 1.32. The van der Waals surface area contributed by atoms with E-state index in [-0.39, 0.29) is 10.8 Å². The number of ether oxygens (including phenoxy) is 1. The summed E-state index contributed by atoms with van der Waals surface area (Å²) in [6.45, 7) is 1.52. The molecule has 0 aliphatic carbocycles. The van der Waals surface area contributed by atoms with E-state index >= 15 is 0 Å². The molecule has 4 heteroatoms. The van der Waals surface area contributed by atoms with Crippen molar-refractivity contribution in [3.63, 3.8) is 0 Å². The van der Waals surface area contributed by atoms with Crippen molar-refractivity contribution in [1.82, 2.24) is 0 Å². The summed E-state index contributed by atoms with van der Waals surface area (Å²) in [6, 6.07) is 2.63. The maximum Gasteiger partial charge on any atom is 0.166 e. The highest BCUT2D eigenvalue weighted by Crippen LogP contribution is 2.30. The summed E-state index contributed by atoms with van der Waals surface area (Å²) in [4.78, 5) is 0. The van der Waals surface area contributed by atoms with Gasteiger partial charge >= 0.3 is 0 Å². The van der Waals surface area contributed by atoms with Crippen LogP contribution in [-0.2, 0) is 0 Å². The van der Waals surface area contributed by atoms with Crippen LogP contribution in [-0.4, -0.2) is 12.2 Å². The second-order valence-electron chi connectivity index (χ2n) is 2.69. The number of hydrogen-bond acceptors (Lipinski definition) is 2. The van der Waals surface area contributed by atoms with E-state index < -0.39 is 11.9 Å². The number of halogens is 2. The molecule has 1 rings (SSSR count). The van der Waals surface area contributed by atoms with Crippen molar-refractivity contribution in [2.75, 3.05) is 7.11 Å². The van der Waals surface area contributed by atoms with Crippen LogP contribution in [0.2, 0.25) is 5.02 Å². The third-order valence-electron chi connectivity index (χ3n) is 1.69. The van der Waals surface area contributed by atoms with Crippen LogP contribution in [0.25, 0.3) is 0 Å². The van der Waals surface area contributed by atoms with Crippen LogP contribution < -0.4 is 4.74 Å². The van der Waals surface area contributed by atoms with Crippen LogP contribution in [0, 0.1) is 5.82 Å². The van der Waals surface area contributed by atoms with E-state index in [2.05, 4.69) is 0 Å². The summed E-state index contributed by atoms with van der Waals surface area (Å²) >= 11 is 5.62. The maximum absolute atomic E-state index is 13.2. The molecule has 1 atom stereocenters. The van der Waals surface area contributed by atoms with Crippen molar-refractivity contribution in [1.29, 1.82) is 0 Å². The molecule has 1 aromatic rings. The SMILES string of the molecule is COc1c(F)cc(Cl)cc1C(C)O. The summed E-state index contributed by atoms with van der Waals surface area (Å²) in [7, 11) is 1.35. The minimum Gasteiger partial charge on any atom is -0.493 e. The van der Waals surface area contributed by atoms with Crippen molar-refractivity contribution in [2.24, 2.45) is 0 Å². The number of aliphatic hydroxyl groups is 1. The normalized spacial score (nSPS) is 12.7. The van der Waals surface area contributed by atoms with E-state index in [1.807, 2.05) is 0 Å². The zero-order valence-electron chi connectivity index (χ0n) is 7.34. The van der Waals surface area contributed by atoms with Gasteiger partial charge in [-0.05, 0) is 19.1 Å². The highest BCUT2D eigenvalue weighted by molar-refractivity contribution is 6.30. The van der Waals surface area contributed by atoms with Gasteiger partial charge in [-0.3, -0.25) is 0 Å². The van der Waals surface area contributed by atoms with Gasteiger partial charge in [0.25, 0.3) is 0 Å². The van der Waals surface area contributed by atoms with Crippen LogP contribution in [0.1, 0.15) is 18.6 Å². The van der Waals surface area contributed by atoms with E-state index in [0.717, 1.165) is 6.07 Å². The first kappa shape index (κ1) is 10.3. The molecule has 72 valence electrons. The fraction of sp³-hybridized carbons (Fsp3) is 0.333. The average molecular weight is 205 g/mol. The van der Waals surface area contributed by atoms with Crippen molar-refractivity contribution >= 4 is 11.6 Å². The van der Waals surface area contributed by atoms with E-state index in [9.17, 15) is 9.50 Å². The average Bonchev–Trinajstić information content (AvgIpc) is 2.02. The van der Waals surface area contributed by atoms with Crippen LogP contribution in [0.5, 0.6) is 5.75 Å². The molecule has 0 spiro atoms. The van der Waals surface area contributed by atoms with E-state index in [4.69, 9.17) is 16.3 Å². The minimum atomic E-state index is -0.803. The molecule has 0 aliphatic rings. The molecular weight excluding hydrogens is 195 g/mol. The van der Waals surface area contributed by atoms with E-state index in [1.54, 1.807) is 0 Å². The lowest BCUT2D eigenvalue weighted by atomic mass is 10.1. The molecule has 13 heavy (non-hydrogen) atoms. The highest BCUT2D eigenvalue weighted by Gasteiger charge is 2.14. The number of benzene rings is 1. The van der Waals surface area contributed by atoms with Gasteiger partial charge in [-0.15, -0.1) is 0 Å². The van der Waals surface area contributed by atoms with Gasteiger partial charge < -0.3 is 9.84 Å². The van der Waals surface area contributed by atoms with Gasteiger partial charge in [-0.25, -0.2) is 4.39 Å². The monoisotopic (exact) mass is 204 g/mol. The summed E-state index contributed by atoms with van der Waals surface area (Å²) in [5.74, 6) is -0.523. The molecule has 2 nitrogen and oxygen atoms in total. The highest BCUT2D eigenvalue weighted by atomic mass is 35.5. The van der Waals surface area contributed by atoms with Crippen LogP contribution in [0.4, 0.5) is 4.39 Å². The lowest BCUT2D eigenvalue weighted by Crippen LogP contribution is -1.99. The Bertz CT molecular complexity index is 313. The summed E-state index contributed by atoms with van der Waals surface area (Å²) < 4.78 is 17.9. The molecule has 0 fully saturated rings. The zero-order chi connectivity index (χ0) is 10.0. The van der Waals surface area contributed by atoms with Gasteiger partial charge in [-0.2, -0.15) is 0 Å². The van der Waals surface area contributed by atoms with Gasteiger partial charge in [0.15, 0.2) is 11.6 Å². The van der Waals surface area contributed by atoms with Crippen molar-refractivity contribution in [3.8, 4) is 5.75 Å². The Kier molecular flexibility index (Phi) is 3.12. The predicted molar refractivity (Wildman–Crippen MR) is 48.6 cm³/mol. The molecule has 0 aromatic heterocycles. The van der Waals surface area contributed by atoms with E-state index in [0.29, 0.717) is 5.56 Å². The minimum absolute atomic E-state index is 0.0411. The molecule has 0 saturated heterocycles. The smallest absolute Gasteiger partial charge is 0.166 e. The lowest BCUT2D eigenvalue weighted by Gasteiger charge is -2.11. The Hall–Kier alpha value is -0.800. The Balaban J connectivity index is 3.29. The van der Waals surface area contributed by atoms with Crippen LogP contribution >= 0.6 is 11.6 Å². The topological polar surface area (TPSA) is 29.5 Å². The Morgan fingerprint density at radius 1 is 1.54 bits per heavy atom. The Morgan fingerprint density at radius 2 is 2.15 bits per heavy atom. The molecule has 1 aromatic carbocycles. The molecule has 0 heterocycles. The number of rotatable bonds is 2. The first-order valence-electron chi connectivity index (χ1n) is 3.77. The van der Waals surface area contributed by atoms with Crippen LogP contribution in [0.15, 0.2) is 12.1 Å². The quantitative estimate of drug-likeness (QED) is 0.802. The molecule has 0 bridgehead atoms. The second-order valence-corrected chi connectivity index (χ2v) is 3.12. The molecule has 0 saturated carbocycles. The van der Waals surface area contributed by atoms with E-state index in [1.165, 1.54) is 20.1 Å². The predicted octanol–water partition coefficient (Wildman–Crippen LogP) is 2.54. The van der Waals surface area contributed by atoms with Gasteiger partial charge in [0.05, 0.1) is 13.2 Å². The molecule has 0 amide bonds. The molecule has 0 aliphatic heterocycles. The molecule has 1 unspecified atom stereocenters. The van der Waals surface area contributed by atoms with Crippen molar-refractivity contribution < 1.29 is 14.2 Å². The first-order valence-corrected chi connectivity index (χ1v) is 4.15. The molecular formula is C9H10ClFO2. The standard InChI is InChI=1S/C9H10ClFO2/c1-5(12)7-3-6(10)4-8(11)9(7)13-2/h3-5,12H,1-2H3. The van der Waals surface area contributed by atoms with Crippen molar-refractivity contribution in [2.45, 2.75) is 13.0 Å². The summed E-state index contributed by atoms with van der Waals surface area (Å²) in [6.07, 6.45) is -0.803. The maximum atomic E-state index is 13.2.